The number of hydrogen-bond donors (Lipinski definition) is 3. The van der Waals surface area contributed by atoms with E-state index in [1.165, 1.54) is 0 Å². The third kappa shape index (κ3) is 3.99. The van der Waals surface area contributed by atoms with Crippen LogP contribution in [0.25, 0.3) is 0 Å². The van der Waals surface area contributed by atoms with Gasteiger partial charge in [-0.2, -0.15) is 0 Å². The minimum atomic E-state index is -0.385. The minimum absolute atomic E-state index is 0.0306. The maximum Gasteiger partial charge on any atom is 0.315 e. The van der Waals surface area contributed by atoms with Crippen LogP contribution in [0.1, 0.15) is 45.2 Å². The molecule has 22 heavy (non-hydrogen) atoms. The average Bonchev–Trinajstić information content (AvgIpc) is 2.64. The van der Waals surface area contributed by atoms with Crippen LogP contribution in [0.3, 0.4) is 0 Å². The number of benzene rings is 1. The zero-order valence-corrected chi connectivity index (χ0v) is 13.8. The Morgan fingerprint density at radius 2 is 1.91 bits per heavy atom. The number of aliphatic hydroxyl groups is 1. The lowest BCUT2D eigenvalue weighted by Crippen LogP contribution is -2.49. The molecular formula is C17H26N2O3. The van der Waals surface area contributed by atoms with Crippen LogP contribution < -0.4 is 10.6 Å². The highest BCUT2D eigenvalue weighted by molar-refractivity contribution is 5.74. The van der Waals surface area contributed by atoms with Gasteiger partial charge in [0.15, 0.2) is 0 Å². The van der Waals surface area contributed by atoms with Gasteiger partial charge in [0.25, 0.3) is 0 Å². The van der Waals surface area contributed by atoms with E-state index in [-0.39, 0.29) is 29.9 Å². The van der Waals surface area contributed by atoms with Gasteiger partial charge < -0.3 is 20.5 Å². The molecule has 0 aromatic heterocycles. The van der Waals surface area contributed by atoms with Gasteiger partial charge >= 0.3 is 6.03 Å². The molecule has 5 nitrogen and oxygen atoms in total. The van der Waals surface area contributed by atoms with Crippen molar-refractivity contribution in [3.8, 4) is 0 Å². The van der Waals surface area contributed by atoms with Crippen LogP contribution in [-0.2, 0) is 17.9 Å². The third-order valence-corrected chi connectivity index (χ3v) is 4.11. The molecule has 1 fully saturated rings. The van der Waals surface area contributed by atoms with Gasteiger partial charge in [0, 0.05) is 6.54 Å². The molecule has 1 unspecified atom stereocenters. The Morgan fingerprint density at radius 1 is 1.27 bits per heavy atom. The fraction of sp³-hybridized carbons (Fsp3) is 0.588. The summed E-state index contributed by atoms with van der Waals surface area (Å²) in [6.07, 6.45) is 0.778. The molecule has 0 radical (unpaired) electrons. The number of rotatable bonds is 4. The summed E-state index contributed by atoms with van der Waals surface area (Å²) in [5.41, 5.74) is 1.13. The number of aliphatic hydroxyl groups excluding tert-OH is 1. The van der Waals surface area contributed by atoms with Gasteiger partial charge in [-0.1, -0.05) is 24.3 Å². The normalized spacial score (nSPS) is 22.3. The van der Waals surface area contributed by atoms with Crippen molar-refractivity contribution in [3.63, 3.8) is 0 Å². The highest BCUT2D eigenvalue weighted by Crippen LogP contribution is 2.37. The lowest BCUT2D eigenvalue weighted by atomic mass is 9.95. The van der Waals surface area contributed by atoms with Crippen LogP contribution in [0.4, 0.5) is 4.79 Å². The van der Waals surface area contributed by atoms with Gasteiger partial charge in [0.05, 0.1) is 23.9 Å². The Labute approximate surface area is 132 Å². The molecule has 1 heterocycles. The largest absolute Gasteiger partial charge is 0.392 e. The summed E-state index contributed by atoms with van der Waals surface area (Å²) < 4.78 is 5.97. The lowest BCUT2D eigenvalue weighted by Gasteiger charge is -2.27. The van der Waals surface area contributed by atoms with E-state index in [2.05, 4.69) is 10.6 Å². The number of nitrogens with one attached hydrogen (secondary N) is 2. The second-order valence-corrected chi connectivity index (χ2v) is 6.98. The van der Waals surface area contributed by atoms with Crippen LogP contribution in [-0.4, -0.2) is 28.4 Å². The second kappa shape index (κ2) is 6.26. The molecule has 5 heteroatoms. The van der Waals surface area contributed by atoms with E-state index in [9.17, 15) is 9.90 Å². The highest BCUT2D eigenvalue weighted by Gasteiger charge is 2.46. The minimum Gasteiger partial charge on any atom is -0.392 e. The van der Waals surface area contributed by atoms with Crippen molar-refractivity contribution in [3.05, 3.63) is 35.4 Å². The third-order valence-electron chi connectivity index (χ3n) is 4.11. The average molecular weight is 306 g/mol. The van der Waals surface area contributed by atoms with Crippen molar-refractivity contribution in [2.24, 2.45) is 0 Å². The van der Waals surface area contributed by atoms with Crippen molar-refractivity contribution in [2.75, 3.05) is 0 Å². The van der Waals surface area contributed by atoms with E-state index >= 15 is 0 Å². The molecule has 1 aliphatic rings. The van der Waals surface area contributed by atoms with Crippen molar-refractivity contribution in [1.29, 1.82) is 0 Å². The van der Waals surface area contributed by atoms with Crippen LogP contribution in [0.2, 0.25) is 0 Å². The molecule has 0 saturated carbocycles. The van der Waals surface area contributed by atoms with Crippen LogP contribution in [0, 0.1) is 0 Å². The van der Waals surface area contributed by atoms with Crippen molar-refractivity contribution >= 4 is 6.03 Å². The summed E-state index contributed by atoms with van der Waals surface area (Å²) in [7, 11) is 0. The van der Waals surface area contributed by atoms with Gasteiger partial charge in [-0.3, -0.25) is 0 Å². The number of carbonyl (C=O) groups excluding carboxylic acids is 1. The zero-order valence-electron chi connectivity index (χ0n) is 13.8. The first-order valence-electron chi connectivity index (χ1n) is 7.66. The summed E-state index contributed by atoms with van der Waals surface area (Å²) in [5, 5.41) is 15.1. The first-order chi connectivity index (χ1) is 10.2. The molecule has 0 bridgehead atoms. The second-order valence-electron chi connectivity index (χ2n) is 6.98. The van der Waals surface area contributed by atoms with E-state index in [0.717, 1.165) is 17.5 Å². The first kappa shape index (κ1) is 16.8. The van der Waals surface area contributed by atoms with Gasteiger partial charge in [0.2, 0.25) is 0 Å². The fourth-order valence-corrected chi connectivity index (χ4v) is 3.06. The highest BCUT2D eigenvalue weighted by atomic mass is 16.5. The number of urea groups is 1. The smallest absolute Gasteiger partial charge is 0.315 e. The first-order valence-corrected chi connectivity index (χ1v) is 7.66. The Bertz CT molecular complexity index is 540. The maximum atomic E-state index is 12.1. The molecule has 1 atom stereocenters. The van der Waals surface area contributed by atoms with Crippen LogP contribution >= 0.6 is 0 Å². The van der Waals surface area contributed by atoms with E-state index in [1.807, 2.05) is 52.0 Å². The number of hydrogen-bond acceptors (Lipinski definition) is 3. The molecule has 1 aromatic carbocycles. The molecule has 122 valence electrons. The number of carbonyl (C=O) groups is 1. The Morgan fingerprint density at radius 3 is 2.45 bits per heavy atom. The molecular weight excluding hydrogens is 280 g/mol. The van der Waals surface area contributed by atoms with Gasteiger partial charge in [0.1, 0.15) is 0 Å². The van der Waals surface area contributed by atoms with Crippen molar-refractivity contribution < 1.29 is 14.6 Å². The van der Waals surface area contributed by atoms with Crippen LogP contribution in [0.5, 0.6) is 0 Å². The predicted octanol–water partition coefficient (Wildman–Crippen LogP) is 2.32. The molecule has 0 aliphatic carbocycles. The number of amides is 2. The molecule has 1 saturated heterocycles. The molecule has 0 spiro atoms. The van der Waals surface area contributed by atoms with Gasteiger partial charge in [-0.15, -0.1) is 0 Å². The van der Waals surface area contributed by atoms with Crippen molar-refractivity contribution in [1.82, 2.24) is 10.6 Å². The van der Waals surface area contributed by atoms with Gasteiger partial charge in [-0.05, 0) is 45.2 Å². The predicted molar refractivity (Wildman–Crippen MR) is 85.4 cm³/mol. The molecule has 3 N–H and O–H groups in total. The Balaban J connectivity index is 1.91. The van der Waals surface area contributed by atoms with Gasteiger partial charge in [-0.25, -0.2) is 4.79 Å². The lowest BCUT2D eigenvalue weighted by molar-refractivity contribution is -0.0690. The maximum absolute atomic E-state index is 12.1. The Hall–Kier alpha value is -1.59. The molecule has 1 aliphatic heterocycles. The summed E-state index contributed by atoms with van der Waals surface area (Å²) >= 11 is 0. The molecule has 1 aromatic rings. The SMILES string of the molecule is CC1(C)CC(NC(=O)NCc2ccccc2CO)C(C)(C)O1. The monoisotopic (exact) mass is 306 g/mol. The quantitative estimate of drug-likeness (QED) is 0.799. The van der Waals surface area contributed by atoms with E-state index in [4.69, 9.17) is 4.74 Å². The van der Waals surface area contributed by atoms with E-state index < -0.39 is 0 Å². The summed E-state index contributed by atoms with van der Waals surface area (Å²) in [6.45, 7) is 8.41. The fourth-order valence-electron chi connectivity index (χ4n) is 3.06. The van der Waals surface area contributed by atoms with Crippen LogP contribution in [0.15, 0.2) is 24.3 Å². The van der Waals surface area contributed by atoms with E-state index in [1.54, 1.807) is 0 Å². The summed E-state index contributed by atoms with van der Waals surface area (Å²) in [6, 6.07) is 7.27. The topological polar surface area (TPSA) is 70.6 Å². The summed E-state index contributed by atoms with van der Waals surface area (Å²) in [4.78, 5) is 12.1. The summed E-state index contributed by atoms with van der Waals surface area (Å²) in [5.74, 6) is 0. The Kier molecular flexibility index (Phi) is 4.78. The zero-order chi connectivity index (χ0) is 16.4. The molecule has 2 rings (SSSR count). The molecule has 2 amide bonds. The standard InChI is InChI=1S/C17H26N2O3/c1-16(2)9-14(17(3,4)22-16)19-15(21)18-10-12-7-5-6-8-13(12)11-20/h5-8,14,20H,9-11H2,1-4H3,(H2,18,19,21). The number of ether oxygens (including phenoxy) is 1. The van der Waals surface area contributed by atoms with Crippen molar-refractivity contribution in [2.45, 2.75) is 64.5 Å². The van der Waals surface area contributed by atoms with E-state index in [0.29, 0.717) is 6.54 Å².